The molecule has 0 spiro atoms. The SMILES string of the molecule is C=C(C=O)C1CCCC(O)C1. The Labute approximate surface area is 66.9 Å². The van der Waals surface area contributed by atoms with E-state index >= 15 is 0 Å². The van der Waals surface area contributed by atoms with Gasteiger partial charge in [0.05, 0.1) is 6.10 Å². The van der Waals surface area contributed by atoms with Gasteiger partial charge < -0.3 is 5.11 Å². The van der Waals surface area contributed by atoms with Crippen molar-refractivity contribution in [3.05, 3.63) is 12.2 Å². The van der Waals surface area contributed by atoms with E-state index in [0.29, 0.717) is 5.57 Å². The molecule has 11 heavy (non-hydrogen) atoms. The van der Waals surface area contributed by atoms with E-state index in [2.05, 4.69) is 6.58 Å². The first-order valence-electron chi connectivity index (χ1n) is 4.06. The lowest BCUT2D eigenvalue weighted by atomic mass is 9.83. The fraction of sp³-hybridized carbons (Fsp3) is 0.667. The summed E-state index contributed by atoms with van der Waals surface area (Å²) >= 11 is 0. The second-order valence-corrected chi connectivity index (χ2v) is 3.21. The van der Waals surface area contributed by atoms with Gasteiger partial charge in [-0.2, -0.15) is 0 Å². The molecule has 0 heterocycles. The van der Waals surface area contributed by atoms with Crippen LogP contribution in [0.25, 0.3) is 0 Å². The summed E-state index contributed by atoms with van der Waals surface area (Å²) in [4.78, 5) is 10.3. The second-order valence-electron chi connectivity index (χ2n) is 3.21. The van der Waals surface area contributed by atoms with Gasteiger partial charge in [0.15, 0.2) is 0 Å². The quantitative estimate of drug-likeness (QED) is 0.480. The van der Waals surface area contributed by atoms with Crippen molar-refractivity contribution in [3.8, 4) is 0 Å². The summed E-state index contributed by atoms with van der Waals surface area (Å²) in [5.74, 6) is 0.233. The van der Waals surface area contributed by atoms with Crippen LogP contribution in [0.4, 0.5) is 0 Å². The van der Waals surface area contributed by atoms with Crippen molar-refractivity contribution in [3.63, 3.8) is 0 Å². The lowest BCUT2D eigenvalue weighted by molar-refractivity contribution is -0.105. The van der Waals surface area contributed by atoms with Gasteiger partial charge in [-0.3, -0.25) is 4.79 Å². The van der Waals surface area contributed by atoms with E-state index in [4.69, 9.17) is 0 Å². The van der Waals surface area contributed by atoms with Gasteiger partial charge in [-0.05, 0) is 30.8 Å². The molecule has 0 aromatic heterocycles. The van der Waals surface area contributed by atoms with E-state index in [0.717, 1.165) is 32.0 Å². The smallest absolute Gasteiger partial charge is 0.145 e. The zero-order valence-corrected chi connectivity index (χ0v) is 6.62. The Kier molecular flexibility index (Phi) is 2.83. The maximum atomic E-state index is 10.3. The Balaban J connectivity index is 2.45. The lowest BCUT2D eigenvalue weighted by Gasteiger charge is -2.25. The normalized spacial score (nSPS) is 31.4. The number of rotatable bonds is 2. The average molecular weight is 154 g/mol. The van der Waals surface area contributed by atoms with Crippen molar-refractivity contribution >= 4 is 6.29 Å². The third-order valence-corrected chi connectivity index (χ3v) is 2.32. The molecule has 0 aliphatic heterocycles. The Bertz CT molecular complexity index is 163. The molecule has 0 radical (unpaired) electrons. The summed E-state index contributed by atoms with van der Waals surface area (Å²) in [6.07, 6.45) is 4.21. The molecule has 0 bridgehead atoms. The van der Waals surface area contributed by atoms with Gasteiger partial charge in [0.1, 0.15) is 6.29 Å². The van der Waals surface area contributed by atoms with Crippen LogP contribution in [-0.4, -0.2) is 17.5 Å². The predicted molar refractivity (Wildman–Crippen MR) is 43.2 cm³/mol. The van der Waals surface area contributed by atoms with Crippen LogP contribution in [0.2, 0.25) is 0 Å². The molecule has 0 saturated heterocycles. The highest BCUT2D eigenvalue weighted by molar-refractivity contribution is 5.72. The van der Waals surface area contributed by atoms with Gasteiger partial charge in [0, 0.05) is 0 Å². The Hall–Kier alpha value is -0.630. The minimum Gasteiger partial charge on any atom is -0.393 e. The van der Waals surface area contributed by atoms with E-state index in [-0.39, 0.29) is 12.0 Å². The largest absolute Gasteiger partial charge is 0.393 e. The highest BCUT2D eigenvalue weighted by atomic mass is 16.3. The number of allylic oxidation sites excluding steroid dienone is 1. The summed E-state index contributed by atoms with van der Waals surface area (Å²) < 4.78 is 0. The Morgan fingerprint density at radius 1 is 1.55 bits per heavy atom. The number of carbonyl (C=O) groups excluding carboxylic acids is 1. The predicted octanol–water partition coefficient (Wildman–Crippen LogP) is 1.29. The van der Waals surface area contributed by atoms with Gasteiger partial charge >= 0.3 is 0 Å². The number of hydrogen-bond donors (Lipinski definition) is 1. The first-order valence-corrected chi connectivity index (χ1v) is 4.06. The van der Waals surface area contributed by atoms with Crippen molar-refractivity contribution in [2.45, 2.75) is 31.8 Å². The van der Waals surface area contributed by atoms with E-state index < -0.39 is 0 Å². The molecule has 62 valence electrons. The van der Waals surface area contributed by atoms with Crippen molar-refractivity contribution in [2.24, 2.45) is 5.92 Å². The second kappa shape index (κ2) is 3.67. The van der Waals surface area contributed by atoms with Gasteiger partial charge in [-0.1, -0.05) is 13.0 Å². The number of aldehydes is 1. The van der Waals surface area contributed by atoms with Gasteiger partial charge in [-0.25, -0.2) is 0 Å². The molecule has 2 nitrogen and oxygen atoms in total. The molecule has 1 aliphatic rings. The molecular formula is C9H14O2. The van der Waals surface area contributed by atoms with Gasteiger partial charge in [0.25, 0.3) is 0 Å². The van der Waals surface area contributed by atoms with Crippen LogP contribution in [0, 0.1) is 5.92 Å². The number of aliphatic hydroxyl groups excluding tert-OH is 1. The minimum atomic E-state index is -0.217. The van der Waals surface area contributed by atoms with Gasteiger partial charge in [-0.15, -0.1) is 0 Å². The first-order chi connectivity index (χ1) is 5.24. The van der Waals surface area contributed by atoms with E-state index in [1.165, 1.54) is 0 Å². The average Bonchev–Trinajstić information content (AvgIpc) is 2.03. The topological polar surface area (TPSA) is 37.3 Å². The summed E-state index contributed by atoms with van der Waals surface area (Å²) in [5, 5.41) is 9.27. The molecule has 0 amide bonds. The summed E-state index contributed by atoms with van der Waals surface area (Å²) in [5.41, 5.74) is 0.642. The van der Waals surface area contributed by atoms with Crippen LogP contribution < -0.4 is 0 Å². The maximum Gasteiger partial charge on any atom is 0.145 e. The summed E-state index contributed by atoms with van der Waals surface area (Å²) in [6.45, 7) is 3.65. The van der Waals surface area contributed by atoms with Crippen LogP contribution in [0.5, 0.6) is 0 Å². The number of aliphatic hydroxyl groups is 1. The molecule has 2 heteroatoms. The van der Waals surface area contributed by atoms with Crippen LogP contribution in [0.3, 0.4) is 0 Å². The third kappa shape index (κ3) is 2.15. The Morgan fingerprint density at radius 3 is 2.82 bits per heavy atom. The molecule has 0 aromatic rings. The highest BCUT2D eigenvalue weighted by Gasteiger charge is 2.21. The van der Waals surface area contributed by atoms with E-state index in [1.54, 1.807) is 0 Å². The maximum absolute atomic E-state index is 10.3. The number of carbonyl (C=O) groups is 1. The van der Waals surface area contributed by atoms with E-state index in [9.17, 15) is 9.90 Å². The van der Waals surface area contributed by atoms with Crippen LogP contribution in [-0.2, 0) is 4.79 Å². The highest BCUT2D eigenvalue weighted by Crippen LogP contribution is 2.28. The molecule has 1 saturated carbocycles. The molecule has 1 N–H and O–H groups in total. The standard InChI is InChI=1S/C9H14O2/c1-7(6-10)8-3-2-4-9(11)5-8/h6,8-9,11H,1-5H2. The first kappa shape index (κ1) is 8.47. The summed E-state index contributed by atoms with van der Waals surface area (Å²) in [6, 6.07) is 0. The molecule has 1 fully saturated rings. The van der Waals surface area contributed by atoms with Crippen LogP contribution >= 0.6 is 0 Å². The minimum absolute atomic E-state index is 0.217. The molecule has 2 unspecified atom stereocenters. The molecule has 2 atom stereocenters. The van der Waals surface area contributed by atoms with Gasteiger partial charge in [0.2, 0.25) is 0 Å². The van der Waals surface area contributed by atoms with Crippen LogP contribution in [0.15, 0.2) is 12.2 Å². The third-order valence-electron chi connectivity index (χ3n) is 2.32. The molecule has 1 rings (SSSR count). The van der Waals surface area contributed by atoms with Crippen molar-refractivity contribution in [1.82, 2.24) is 0 Å². The molecule has 1 aliphatic carbocycles. The lowest BCUT2D eigenvalue weighted by Crippen LogP contribution is -2.20. The fourth-order valence-corrected chi connectivity index (χ4v) is 1.60. The molecular weight excluding hydrogens is 140 g/mol. The fourth-order valence-electron chi connectivity index (χ4n) is 1.60. The monoisotopic (exact) mass is 154 g/mol. The van der Waals surface area contributed by atoms with Crippen molar-refractivity contribution in [1.29, 1.82) is 0 Å². The number of hydrogen-bond acceptors (Lipinski definition) is 2. The van der Waals surface area contributed by atoms with Crippen molar-refractivity contribution < 1.29 is 9.90 Å². The Morgan fingerprint density at radius 2 is 2.27 bits per heavy atom. The van der Waals surface area contributed by atoms with E-state index in [1.807, 2.05) is 0 Å². The zero-order valence-electron chi connectivity index (χ0n) is 6.62. The zero-order chi connectivity index (χ0) is 8.27. The molecule has 0 aromatic carbocycles. The van der Waals surface area contributed by atoms with Crippen molar-refractivity contribution in [2.75, 3.05) is 0 Å². The van der Waals surface area contributed by atoms with Crippen LogP contribution in [0.1, 0.15) is 25.7 Å². The summed E-state index contributed by atoms with van der Waals surface area (Å²) in [7, 11) is 0.